The van der Waals surface area contributed by atoms with Crippen LogP contribution in [0.2, 0.25) is 10.0 Å². The van der Waals surface area contributed by atoms with Crippen molar-refractivity contribution >= 4 is 50.7 Å². The first-order chi connectivity index (χ1) is 22.6. The fourth-order valence-corrected chi connectivity index (χ4v) is 7.07. The number of anilines is 1. The highest BCUT2D eigenvalue weighted by atomic mass is 35.5. The van der Waals surface area contributed by atoms with Gasteiger partial charge in [-0.25, -0.2) is 8.42 Å². The normalized spacial score (nSPS) is 12.2. The van der Waals surface area contributed by atoms with E-state index >= 15 is 0 Å². The van der Waals surface area contributed by atoms with Gasteiger partial charge in [0.2, 0.25) is 11.8 Å². The van der Waals surface area contributed by atoms with Crippen molar-refractivity contribution in [3.8, 4) is 5.75 Å². The molecule has 1 N–H and O–H groups in total. The molecule has 4 rings (SSSR count). The van der Waals surface area contributed by atoms with Gasteiger partial charge in [0.15, 0.2) is 0 Å². The quantitative estimate of drug-likeness (QED) is 0.166. The molecule has 0 spiro atoms. The highest BCUT2D eigenvalue weighted by Crippen LogP contribution is 2.34. The number of ether oxygens (including phenoxy) is 1. The molecular weight excluding hydrogens is 669 g/mol. The van der Waals surface area contributed by atoms with E-state index in [2.05, 4.69) is 5.32 Å². The number of rotatable bonds is 12. The summed E-state index contributed by atoms with van der Waals surface area (Å²) < 4.78 is 35.4. The molecule has 0 saturated carbocycles. The van der Waals surface area contributed by atoms with Gasteiger partial charge in [0.25, 0.3) is 10.0 Å². The zero-order valence-electron chi connectivity index (χ0n) is 28.0. The monoisotopic (exact) mass is 709 g/mol. The summed E-state index contributed by atoms with van der Waals surface area (Å²) in [6.07, 6.45) is 0.165. The molecule has 48 heavy (non-hydrogen) atoms. The van der Waals surface area contributed by atoms with Crippen LogP contribution >= 0.6 is 23.2 Å². The molecule has 0 aromatic heterocycles. The third-order valence-corrected chi connectivity index (χ3v) is 9.98. The van der Waals surface area contributed by atoms with Crippen molar-refractivity contribution in [3.63, 3.8) is 0 Å². The highest BCUT2D eigenvalue weighted by Gasteiger charge is 2.36. The summed E-state index contributed by atoms with van der Waals surface area (Å²) in [5.74, 6) is -0.751. The second kappa shape index (κ2) is 15.4. The van der Waals surface area contributed by atoms with Crippen LogP contribution in [0.15, 0.2) is 95.9 Å². The number of sulfonamides is 1. The summed E-state index contributed by atoms with van der Waals surface area (Å²) in [6.45, 7) is 8.52. The smallest absolute Gasteiger partial charge is 0.264 e. The maximum atomic E-state index is 14.8. The highest BCUT2D eigenvalue weighted by molar-refractivity contribution is 7.92. The molecule has 0 fully saturated rings. The minimum Gasteiger partial charge on any atom is -0.495 e. The number of benzene rings is 4. The van der Waals surface area contributed by atoms with Crippen LogP contribution in [-0.4, -0.2) is 50.4 Å². The molecule has 11 heteroatoms. The number of hydrogen-bond donors (Lipinski definition) is 1. The molecule has 0 bridgehead atoms. The third-order valence-electron chi connectivity index (χ3n) is 7.62. The molecule has 2 amide bonds. The maximum absolute atomic E-state index is 14.8. The zero-order chi connectivity index (χ0) is 35.2. The van der Waals surface area contributed by atoms with E-state index in [0.717, 1.165) is 21.0 Å². The number of nitrogens with one attached hydrogen (secondary N) is 1. The fourth-order valence-electron chi connectivity index (χ4n) is 5.19. The lowest BCUT2D eigenvalue weighted by atomic mass is 10.0. The molecule has 0 aliphatic rings. The van der Waals surface area contributed by atoms with Gasteiger partial charge >= 0.3 is 0 Å². The van der Waals surface area contributed by atoms with Crippen molar-refractivity contribution in [2.45, 2.75) is 64.1 Å². The summed E-state index contributed by atoms with van der Waals surface area (Å²) in [5, 5.41) is 3.73. The molecule has 1 unspecified atom stereocenters. The largest absolute Gasteiger partial charge is 0.495 e. The standard InChI is InChI=1S/C37H41Cl2N3O5S/c1-25-12-17-30(18-13-25)48(45,46)42(32-20-26(2)14-19-34(32)47-6)24-35(43)41(23-28-15-16-29(38)22-31(28)39)33(36(44)40-37(3,4)5)21-27-10-8-7-9-11-27/h7-20,22,33H,21,23-24H2,1-6H3,(H,40,44). The average molecular weight is 711 g/mol. The number of amides is 2. The van der Waals surface area contributed by atoms with E-state index in [0.29, 0.717) is 15.6 Å². The lowest BCUT2D eigenvalue weighted by molar-refractivity contribution is -0.140. The molecule has 1 atom stereocenters. The molecule has 254 valence electrons. The number of halogens is 2. The molecule has 4 aromatic carbocycles. The van der Waals surface area contributed by atoms with Gasteiger partial charge in [0.05, 0.1) is 17.7 Å². The Kier molecular flexibility index (Phi) is 11.8. The number of carbonyl (C=O) groups is 2. The first-order valence-electron chi connectivity index (χ1n) is 15.4. The summed E-state index contributed by atoms with van der Waals surface area (Å²) in [5.41, 5.74) is 2.57. The predicted octanol–water partition coefficient (Wildman–Crippen LogP) is 7.37. The van der Waals surface area contributed by atoms with Crippen molar-refractivity contribution in [2.75, 3.05) is 18.0 Å². The lowest BCUT2D eigenvalue weighted by Gasteiger charge is -2.35. The van der Waals surface area contributed by atoms with Crippen LogP contribution in [-0.2, 0) is 32.6 Å². The molecule has 0 saturated heterocycles. The first-order valence-corrected chi connectivity index (χ1v) is 17.6. The van der Waals surface area contributed by atoms with Gasteiger partial charge in [-0.2, -0.15) is 0 Å². The second-order valence-electron chi connectivity index (χ2n) is 12.7. The Labute approximate surface area is 293 Å². The van der Waals surface area contributed by atoms with Crippen LogP contribution in [0, 0.1) is 13.8 Å². The fraction of sp³-hybridized carbons (Fsp3) is 0.297. The van der Waals surface area contributed by atoms with E-state index in [9.17, 15) is 18.0 Å². The molecule has 0 aliphatic heterocycles. The molecule has 0 heterocycles. The summed E-state index contributed by atoms with van der Waals surface area (Å²) in [4.78, 5) is 30.2. The van der Waals surface area contributed by atoms with Crippen molar-refractivity contribution in [2.24, 2.45) is 0 Å². The van der Waals surface area contributed by atoms with Gasteiger partial charge in [-0.05, 0) is 87.7 Å². The van der Waals surface area contributed by atoms with Crippen molar-refractivity contribution < 1.29 is 22.7 Å². The topological polar surface area (TPSA) is 96.0 Å². The Morgan fingerprint density at radius 1 is 0.875 bits per heavy atom. The number of methoxy groups -OCH3 is 1. The molecule has 0 aliphatic carbocycles. The minimum atomic E-state index is -4.31. The van der Waals surface area contributed by atoms with Gasteiger partial charge in [0, 0.05) is 28.5 Å². The zero-order valence-corrected chi connectivity index (χ0v) is 30.3. The Bertz CT molecular complexity index is 1860. The van der Waals surface area contributed by atoms with Gasteiger partial charge in [-0.15, -0.1) is 0 Å². The maximum Gasteiger partial charge on any atom is 0.264 e. The molecular formula is C37H41Cl2N3O5S. The van der Waals surface area contributed by atoms with Crippen molar-refractivity contribution in [3.05, 3.63) is 123 Å². The van der Waals surface area contributed by atoms with Crippen molar-refractivity contribution in [1.82, 2.24) is 10.2 Å². The van der Waals surface area contributed by atoms with E-state index in [1.807, 2.05) is 65.0 Å². The van der Waals surface area contributed by atoms with E-state index in [1.165, 1.54) is 24.1 Å². The van der Waals surface area contributed by atoms with E-state index in [1.54, 1.807) is 48.5 Å². The van der Waals surface area contributed by atoms with E-state index < -0.39 is 40.0 Å². The van der Waals surface area contributed by atoms with Gasteiger partial charge in [-0.1, -0.05) is 83.4 Å². The average Bonchev–Trinajstić information content (AvgIpc) is 3.02. The Morgan fingerprint density at radius 2 is 1.52 bits per heavy atom. The summed E-state index contributed by atoms with van der Waals surface area (Å²) >= 11 is 12.8. The van der Waals surface area contributed by atoms with Crippen LogP contribution in [0.5, 0.6) is 5.75 Å². The number of hydrogen-bond acceptors (Lipinski definition) is 5. The number of nitrogens with zero attached hydrogens (tertiary/aromatic N) is 2. The van der Waals surface area contributed by atoms with Crippen molar-refractivity contribution in [1.29, 1.82) is 0 Å². The van der Waals surface area contributed by atoms with E-state index in [4.69, 9.17) is 27.9 Å². The Hall–Kier alpha value is -4.05. The van der Waals surface area contributed by atoms with E-state index in [-0.39, 0.29) is 29.3 Å². The van der Waals surface area contributed by atoms with Crippen LogP contribution in [0.4, 0.5) is 5.69 Å². The summed E-state index contributed by atoms with van der Waals surface area (Å²) in [7, 11) is -2.87. The third kappa shape index (κ3) is 9.30. The van der Waals surface area contributed by atoms with Gasteiger partial charge in [-0.3, -0.25) is 13.9 Å². The minimum absolute atomic E-state index is 0.00284. The predicted molar refractivity (Wildman–Crippen MR) is 192 cm³/mol. The number of carbonyl (C=O) groups excluding carboxylic acids is 2. The lowest BCUT2D eigenvalue weighted by Crippen LogP contribution is -2.56. The van der Waals surface area contributed by atoms with Crippen LogP contribution < -0.4 is 14.4 Å². The Balaban J connectivity index is 1.89. The first kappa shape index (κ1) is 36.8. The second-order valence-corrected chi connectivity index (χ2v) is 15.4. The SMILES string of the molecule is COc1ccc(C)cc1N(CC(=O)N(Cc1ccc(Cl)cc1Cl)C(Cc1ccccc1)C(=O)NC(C)(C)C)S(=O)(=O)c1ccc(C)cc1. The molecule has 0 radical (unpaired) electrons. The van der Waals surface area contributed by atoms with Crippen LogP contribution in [0.3, 0.4) is 0 Å². The van der Waals surface area contributed by atoms with Crippen LogP contribution in [0.1, 0.15) is 43.0 Å². The molecule has 8 nitrogen and oxygen atoms in total. The summed E-state index contributed by atoms with van der Waals surface area (Å²) in [6, 6.07) is 24.7. The van der Waals surface area contributed by atoms with Crippen LogP contribution in [0.25, 0.3) is 0 Å². The van der Waals surface area contributed by atoms with Gasteiger partial charge < -0.3 is 15.0 Å². The Morgan fingerprint density at radius 3 is 2.12 bits per heavy atom. The number of aryl methyl sites for hydroxylation is 2. The molecule has 4 aromatic rings. The van der Waals surface area contributed by atoms with Gasteiger partial charge in [0.1, 0.15) is 18.3 Å².